The lowest BCUT2D eigenvalue weighted by Gasteiger charge is -2.35. The fraction of sp³-hybridized carbons (Fsp3) is 0.375. The molecule has 2 heterocycles. The lowest BCUT2D eigenvalue weighted by molar-refractivity contribution is -0.127. The number of thioether (sulfide) groups is 1. The van der Waals surface area contributed by atoms with Gasteiger partial charge in [0.15, 0.2) is 17.4 Å². The second-order valence-electron chi connectivity index (χ2n) is 5.66. The summed E-state index contributed by atoms with van der Waals surface area (Å²) in [5.41, 5.74) is 0.729. The molecule has 2 aliphatic rings. The molecule has 1 saturated heterocycles. The molecule has 3 rings (SSSR count). The number of carbonyl (C=O) groups excluding carboxylic acids is 3. The number of likely N-dealkylation sites (N-methyl/N-ethyl adjacent to an activating group) is 2. The number of para-hydroxylation sites is 1. The zero-order valence-corrected chi connectivity index (χ0v) is 14.7. The van der Waals surface area contributed by atoms with Gasteiger partial charge in [-0.1, -0.05) is 30.0 Å². The van der Waals surface area contributed by atoms with Gasteiger partial charge in [0.05, 0.1) is 5.75 Å². The SMILES string of the molecule is CCN1C(SCC(=O)Nc2ccccc2)=NC2C1C(=O)NC(=O)N2C. The van der Waals surface area contributed by atoms with E-state index in [0.717, 1.165) is 5.69 Å². The molecule has 0 saturated carbocycles. The summed E-state index contributed by atoms with van der Waals surface area (Å²) < 4.78 is 0. The number of carbonyl (C=O) groups is 3. The highest BCUT2D eigenvalue weighted by Crippen LogP contribution is 2.28. The highest BCUT2D eigenvalue weighted by atomic mass is 32.2. The maximum atomic E-state index is 12.2. The van der Waals surface area contributed by atoms with E-state index in [9.17, 15) is 14.4 Å². The van der Waals surface area contributed by atoms with Gasteiger partial charge >= 0.3 is 6.03 Å². The molecule has 25 heavy (non-hydrogen) atoms. The highest BCUT2D eigenvalue weighted by Gasteiger charge is 2.48. The van der Waals surface area contributed by atoms with Crippen LogP contribution in [0.1, 0.15) is 6.92 Å². The van der Waals surface area contributed by atoms with Crippen molar-refractivity contribution in [3.63, 3.8) is 0 Å². The van der Waals surface area contributed by atoms with Crippen molar-refractivity contribution in [3.8, 4) is 0 Å². The third-order valence-electron chi connectivity index (χ3n) is 4.05. The normalized spacial score (nSPS) is 22.4. The Hall–Kier alpha value is -2.55. The van der Waals surface area contributed by atoms with E-state index in [2.05, 4.69) is 15.6 Å². The Morgan fingerprint density at radius 1 is 1.32 bits per heavy atom. The van der Waals surface area contributed by atoms with Crippen LogP contribution in [-0.2, 0) is 9.59 Å². The summed E-state index contributed by atoms with van der Waals surface area (Å²) in [6.07, 6.45) is -0.555. The minimum absolute atomic E-state index is 0.154. The van der Waals surface area contributed by atoms with Crippen LogP contribution in [-0.4, -0.2) is 64.4 Å². The van der Waals surface area contributed by atoms with Crippen LogP contribution in [0.4, 0.5) is 10.5 Å². The van der Waals surface area contributed by atoms with Gasteiger partial charge in [-0.05, 0) is 19.1 Å². The van der Waals surface area contributed by atoms with E-state index in [1.54, 1.807) is 7.05 Å². The molecule has 2 unspecified atom stereocenters. The predicted octanol–water partition coefficient (Wildman–Crippen LogP) is 0.926. The fourth-order valence-electron chi connectivity index (χ4n) is 2.80. The first-order chi connectivity index (χ1) is 12.0. The van der Waals surface area contributed by atoms with Crippen molar-refractivity contribution in [3.05, 3.63) is 30.3 Å². The van der Waals surface area contributed by atoms with E-state index in [1.165, 1.54) is 16.7 Å². The smallest absolute Gasteiger partial charge is 0.325 e. The molecule has 1 aromatic carbocycles. The van der Waals surface area contributed by atoms with Crippen LogP contribution in [0.15, 0.2) is 35.3 Å². The number of fused-ring (bicyclic) bond motifs is 1. The second kappa shape index (κ2) is 7.14. The molecule has 0 radical (unpaired) electrons. The largest absolute Gasteiger partial charge is 0.336 e. The number of imide groups is 1. The molecular formula is C16H19N5O3S. The lowest BCUT2D eigenvalue weighted by atomic mass is 10.1. The predicted molar refractivity (Wildman–Crippen MR) is 96.2 cm³/mol. The van der Waals surface area contributed by atoms with Gasteiger partial charge in [-0.2, -0.15) is 0 Å². The molecule has 0 bridgehead atoms. The molecule has 0 spiro atoms. The summed E-state index contributed by atoms with van der Waals surface area (Å²) in [5.74, 6) is -0.343. The molecular weight excluding hydrogens is 342 g/mol. The van der Waals surface area contributed by atoms with Crippen molar-refractivity contribution in [2.24, 2.45) is 4.99 Å². The van der Waals surface area contributed by atoms with Crippen molar-refractivity contribution in [1.82, 2.24) is 15.1 Å². The molecule has 0 aliphatic carbocycles. The number of anilines is 1. The maximum Gasteiger partial charge on any atom is 0.325 e. The number of hydrogen-bond acceptors (Lipinski definition) is 6. The van der Waals surface area contributed by atoms with E-state index < -0.39 is 18.2 Å². The van der Waals surface area contributed by atoms with Crippen molar-refractivity contribution < 1.29 is 14.4 Å². The Morgan fingerprint density at radius 2 is 2.04 bits per heavy atom. The minimum atomic E-state index is -0.555. The first kappa shape index (κ1) is 17.3. The van der Waals surface area contributed by atoms with Crippen LogP contribution in [0.3, 0.4) is 0 Å². The van der Waals surface area contributed by atoms with Crippen molar-refractivity contribution in [1.29, 1.82) is 0 Å². The monoisotopic (exact) mass is 361 g/mol. The van der Waals surface area contributed by atoms with Crippen LogP contribution in [0.2, 0.25) is 0 Å². The Labute approximate surface area is 149 Å². The molecule has 1 aromatic rings. The van der Waals surface area contributed by atoms with Gasteiger partial charge in [0.2, 0.25) is 5.91 Å². The molecule has 2 atom stereocenters. The van der Waals surface area contributed by atoms with Crippen molar-refractivity contribution >= 4 is 40.5 Å². The number of amidine groups is 1. The Balaban J connectivity index is 1.66. The van der Waals surface area contributed by atoms with Gasteiger partial charge in [0.25, 0.3) is 5.91 Å². The quantitative estimate of drug-likeness (QED) is 0.832. The summed E-state index contributed by atoms with van der Waals surface area (Å²) in [5, 5.41) is 5.73. The van der Waals surface area contributed by atoms with Crippen LogP contribution in [0.25, 0.3) is 0 Å². The third kappa shape index (κ3) is 3.46. The number of rotatable bonds is 4. The number of aliphatic imine (C=N–C) groups is 1. The van der Waals surface area contributed by atoms with E-state index in [0.29, 0.717) is 11.7 Å². The Morgan fingerprint density at radius 3 is 2.72 bits per heavy atom. The minimum Gasteiger partial charge on any atom is -0.336 e. The average molecular weight is 361 g/mol. The summed E-state index contributed by atoms with van der Waals surface area (Å²) in [4.78, 5) is 43.8. The topological polar surface area (TPSA) is 94.1 Å². The van der Waals surface area contributed by atoms with Crippen molar-refractivity contribution in [2.75, 3.05) is 24.7 Å². The second-order valence-corrected chi connectivity index (χ2v) is 6.61. The van der Waals surface area contributed by atoms with Gasteiger partial charge < -0.3 is 15.1 Å². The molecule has 2 aliphatic heterocycles. The number of benzene rings is 1. The molecule has 132 valence electrons. The van der Waals surface area contributed by atoms with Crippen LogP contribution >= 0.6 is 11.8 Å². The van der Waals surface area contributed by atoms with E-state index in [4.69, 9.17) is 0 Å². The lowest BCUT2D eigenvalue weighted by Crippen LogP contribution is -2.63. The number of nitrogens with zero attached hydrogens (tertiary/aromatic N) is 3. The third-order valence-corrected chi connectivity index (χ3v) is 5.06. The summed E-state index contributed by atoms with van der Waals surface area (Å²) >= 11 is 1.26. The first-order valence-corrected chi connectivity index (χ1v) is 8.89. The number of nitrogens with one attached hydrogen (secondary N) is 2. The van der Waals surface area contributed by atoms with Crippen molar-refractivity contribution in [2.45, 2.75) is 19.1 Å². The standard InChI is InChI=1S/C16H19N5O3S/c1-3-21-12-13(20(2)15(24)19-14(12)23)18-16(21)25-9-11(22)17-10-7-5-4-6-8-10/h4-8,12-13H,3,9H2,1-2H3,(H,17,22)(H,19,23,24). The van der Waals surface area contributed by atoms with Gasteiger partial charge in [-0.15, -0.1) is 0 Å². The number of hydrogen-bond donors (Lipinski definition) is 2. The fourth-order valence-corrected chi connectivity index (χ4v) is 3.72. The first-order valence-electron chi connectivity index (χ1n) is 7.91. The highest BCUT2D eigenvalue weighted by molar-refractivity contribution is 8.14. The van der Waals surface area contributed by atoms with Crippen LogP contribution in [0.5, 0.6) is 0 Å². The van der Waals surface area contributed by atoms with Gasteiger partial charge in [0.1, 0.15) is 0 Å². The maximum absolute atomic E-state index is 12.2. The molecule has 9 heteroatoms. The van der Waals surface area contributed by atoms with Gasteiger partial charge in [-0.25, -0.2) is 9.79 Å². The molecule has 0 aromatic heterocycles. The molecule has 8 nitrogen and oxygen atoms in total. The molecule has 4 amide bonds. The van der Waals surface area contributed by atoms with Crippen LogP contribution < -0.4 is 10.6 Å². The zero-order chi connectivity index (χ0) is 18.0. The zero-order valence-electron chi connectivity index (χ0n) is 13.9. The van der Waals surface area contributed by atoms with E-state index >= 15 is 0 Å². The summed E-state index contributed by atoms with van der Waals surface area (Å²) in [6, 6.07) is 8.19. The molecule has 1 fully saturated rings. The average Bonchev–Trinajstić information content (AvgIpc) is 2.98. The van der Waals surface area contributed by atoms with Gasteiger partial charge in [0, 0.05) is 19.3 Å². The number of urea groups is 1. The molecule has 2 N–H and O–H groups in total. The summed E-state index contributed by atoms with van der Waals surface area (Å²) in [6.45, 7) is 2.47. The van der Waals surface area contributed by atoms with E-state index in [-0.39, 0.29) is 17.6 Å². The Kier molecular flexibility index (Phi) is 4.93. The number of amides is 4. The van der Waals surface area contributed by atoms with E-state index in [1.807, 2.05) is 42.2 Å². The van der Waals surface area contributed by atoms with Gasteiger partial charge in [-0.3, -0.25) is 14.9 Å². The summed E-state index contributed by atoms with van der Waals surface area (Å²) in [7, 11) is 1.60. The Bertz CT molecular complexity index is 724. The van der Waals surface area contributed by atoms with Crippen LogP contribution in [0, 0.1) is 0 Å².